The van der Waals surface area contributed by atoms with Crippen molar-refractivity contribution in [3.8, 4) is 12.1 Å². The molecule has 8 heteroatoms. The molecule has 0 saturated heterocycles. The molecule has 1 aromatic heterocycles. The third-order valence-corrected chi connectivity index (χ3v) is 10.5. The zero-order valence-corrected chi connectivity index (χ0v) is 19.1. The van der Waals surface area contributed by atoms with E-state index in [4.69, 9.17) is 5.26 Å². The van der Waals surface area contributed by atoms with Gasteiger partial charge in [0.05, 0.1) is 0 Å². The second kappa shape index (κ2) is 11.2. The van der Waals surface area contributed by atoms with Gasteiger partial charge in [-0.15, -0.1) is 0 Å². The summed E-state index contributed by atoms with van der Waals surface area (Å²) in [7, 11) is 0. The number of hydrogen-bond acceptors (Lipinski definition) is 7. The van der Waals surface area contributed by atoms with Crippen molar-refractivity contribution in [1.29, 1.82) is 10.5 Å². The van der Waals surface area contributed by atoms with Crippen molar-refractivity contribution in [2.24, 2.45) is 20.5 Å². The summed E-state index contributed by atoms with van der Waals surface area (Å²) < 4.78 is 1.34. The van der Waals surface area contributed by atoms with Gasteiger partial charge in [0.1, 0.15) is 0 Å². The maximum absolute atomic E-state index is 9.37. The number of hydrogen-bond donors (Lipinski definition) is 0. The Morgan fingerprint density at radius 1 is 0.900 bits per heavy atom. The summed E-state index contributed by atoms with van der Waals surface area (Å²) >= 11 is 0.112. The van der Waals surface area contributed by atoms with Gasteiger partial charge >= 0.3 is 154 Å². The monoisotopic (exact) mass is 474 g/mol. The van der Waals surface area contributed by atoms with Gasteiger partial charge in [-0.1, -0.05) is 18.2 Å². The van der Waals surface area contributed by atoms with E-state index in [1.165, 1.54) is 15.7 Å². The summed E-state index contributed by atoms with van der Waals surface area (Å²) in [6.07, 6.45) is 0.620. The fraction of sp³-hybridized carbons (Fsp3) is 0.182. The van der Waals surface area contributed by atoms with Crippen LogP contribution in [0.3, 0.4) is 0 Å². The normalized spacial score (nSPS) is 12.1. The van der Waals surface area contributed by atoms with E-state index in [9.17, 15) is 5.26 Å². The van der Waals surface area contributed by atoms with Crippen molar-refractivity contribution in [3.05, 3.63) is 66.2 Å². The second-order valence-electron chi connectivity index (χ2n) is 6.15. The number of benzene rings is 2. The zero-order valence-electron chi connectivity index (χ0n) is 16.4. The summed E-state index contributed by atoms with van der Waals surface area (Å²) in [5, 5.41) is 38.4. The van der Waals surface area contributed by atoms with Gasteiger partial charge in [0.15, 0.2) is 0 Å². The van der Waals surface area contributed by atoms with E-state index in [0.717, 1.165) is 21.8 Å². The van der Waals surface area contributed by atoms with Crippen LogP contribution in [0.15, 0.2) is 81.1 Å². The average Bonchev–Trinajstić information content (AvgIpc) is 3.20. The van der Waals surface area contributed by atoms with Crippen LogP contribution < -0.4 is 4.35 Å². The molecule has 0 N–H and O–H groups in total. The van der Waals surface area contributed by atoms with Crippen LogP contribution in [0.2, 0.25) is 10.4 Å². The number of nitriles is 2. The van der Waals surface area contributed by atoms with Gasteiger partial charge in [-0.05, 0) is 12.1 Å². The van der Waals surface area contributed by atoms with Crippen molar-refractivity contribution in [2.45, 2.75) is 23.8 Å². The molecule has 1 atom stereocenters. The number of thiophene rings is 1. The molecule has 3 aromatic rings. The zero-order chi connectivity index (χ0) is 21.2. The Balaban J connectivity index is 1.72. The molecule has 1 unspecified atom stereocenters. The first-order chi connectivity index (χ1) is 14.7. The van der Waals surface area contributed by atoms with Crippen LogP contribution in [0.1, 0.15) is 18.9 Å². The Kier molecular flexibility index (Phi) is 8.03. The van der Waals surface area contributed by atoms with Crippen LogP contribution in [-0.4, -0.2) is 14.7 Å². The van der Waals surface area contributed by atoms with E-state index in [-0.39, 0.29) is 0 Å². The van der Waals surface area contributed by atoms with E-state index >= 15 is 0 Å². The molecule has 0 aliphatic rings. The van der Waals surface area contributed by atoms with Gasteiger partial charge in [-0.2, -0.15) is 0 Å². The molecule has 0 aliphatic carbocycles. The van der Waals surface area contributed by atoms with Gasteiger partial charge < -0.3 is 0 Å². The van der Waals surface area contributed by atoms with E-state index in [0.29, 0.717) is 22.0 Å². The molecule has 0 aliphatic heterocycles. The third kappa shape index (κ3) is 5.94. The van der Waals surface area contributed by atoms with Crippen LogP contribution >= 0.6 is 11.3 Å². The number of azo groups is 2. The summed E-state index contributed by atoms with van der Waals surface area (Å²) in [5.41, 5.74) is 1.91. The predicted molar refractivity (Wildman–Crippen MR) is 121 cm³/mol. The Morgan fingerprint density at radius 2 is 1.60 bits per heavy atom. The Labute approximate surface area is 184 Å². The fourth-order valence-corrected chi connectivity index (χ4v) is 7.36. The summed E-state index contributed by atoms with van der Waals surface area (Å²) in [6, 6.07) is 23.5. The van der Waals surface area contributed by atoms with E-state index in [2.05, 4.69) is 51.7 Å². The van der Waals surface area contributed by atoms with Gasteiger partial charge in [-0.3, -0.25) is 0 Å². The first kappa shape index (κ1) is 21.6. The van der Waals surface area contributed by atoms with Gasteiger partial charge in [0, 0.05) is 0 Å². The predicted octanol–water partition coefficient (Wildman–Crippen LogP) is 7.09. The first-order valence-electron chi connectivity index (χ1n) is 9.38. The molecule has 148 valence electrons. The molecular weight excluding hydrogens is 455 g/mol. The molecule has 0 fully saturated rings. The van der Waals surface area contributed by atoms with Crippen molar-refractivity contribution in [3.63, 3.8) is 0 Å². The molecule has 0 saturated carbocycles. The van der Waals surface area contributed by atoms with E-state index in [1.807, 2.05) is 42.5 Å². The molecule has 0 radical (unpaired) electrons. The van der Waals surface area contributed by atoms with Crippen molar-refractivity contribution >= 4 is 51.7 Å². The molecular formula is C22H19AsN6S. The summed E-state index contributed by atoms with van der Waals surface area (Å²) in [6.45, 7) is 2.19. The van der Waals surface area contributed by atoms with Crippen LogP contribution in [-0.2, 0) is 0 Å². The van der Waals surface area contributed by atoms with Crippen LogP contribution in [0.25, 0.3) is 0 Å². The molecule has 0 bridgehead atoms. The van der Waals surface area contributed by atoms with Crippen LogP contribution in [0, 0.1) is 22.7 Å². The molecule has 6 nitrogen and oxygen atoms in total. The SMILES string of the molecule is CC[As](CCC#N)c1ccc(/N=N/c2sc(/N=N/c3ccccc3)cc2C#N)cc1. The molecule has 3 rings (SSSR count). The fourth-order valence-electron chi connectivity index (χ4n) is 2.66. The molecule has 2 aromatic carbocycles. The van der Waals surface area contributed by atoms with E-state index in [1.54, 1.807) is 6.07 Å². The van der Waals surface area contributed by atoms with E-state index < -0.39 is 14.7 Å². The van der Waals surface area contributed by atoms with Crippen LogP contribution in [0.5, 0.6) is 0 Å². The van der Waals surface area contributed by atoms with Gasteiger partial charge in [-0.25, -0.2) is 0 Å². The van der Waals surface area contributed by atoms with Crippen molar-refractivity contribution in [2.75, 3.05) is 0 Å². The minimum absolute atomic E-state index is 0.428. The molecule has 0 amide bonds. The Bertz CT molecular complexity index is 1110. The summed E-state index contributed by atoms with van der Waals surface area (Å²) in [5.74, 6) is 0. The molecule has 1 heterocycles. The van der Waals surface area contributed by atoms with Crippen LogP contribution in [0.4, 0.5) is 21.4 Å². The molecule has 30 heavy (non-hydrogen) atoms. The Morgan fingerprint density at radius 3 is 2.27 bits per heavy atom. The second-order valence-corrected chi connectivity index (χ2v) is 12.8. The summed E-state index contributed by atoms with van der Waals surface area (Å²) in [4.78, 5) is 0. The van der Waals surface area contributed by atoms with Crippen molar-refractivity contribution in [1.82, 2.24) is 0 Å². The van der Waals surface area contributed by atoms with Gasteiger partial charge in [0.2, 0.25) is 0 Å². The third-order valence-electron chi connectivity index (χ3n) is 4.19. The van der Waals surface area contributed by atoms with Crippen molar-refractivity contribution < 1.29 is 0 Å². The first-order valence-corrected chi connectivity index (χ1v) is 13.8. The quantitative estimate of drug-likeness (QED) is 0.257. The average molecular weight is 474 g/mol. The van der Waals surface area contributed by atoms with Gasteiger partial charge in [0.25, 0.3) is 0 Å². The Hall–Kier alpha value is -3.12. The number of rotatable bonds is 8. The number of nitrogens with zero attached hydrogens (tertiary/aromatic N) is 6. The maximum atomic E-state index is 9.37. The molecule has 0 spiro atoms. The minimum atomic E-state index is -1.16. The topological polar surface area (TPSA) is 97.0 Å². The standard InChI is InChI=1S/C22H19AsN6S/c1-2-23(13-6-14-24)18-9-11-20(12-10-18)27-29-22-17(16-25)15-21(30-22)28-26-19-7-4-3-5-8-19/h3-5,7-12,15H,2,6,13H2,1H3/b28-26+,29-27+.